The minimum atomic E-state index is 1.19. The lowest BCUT2D eigenvalue weighted by Crippen LogP contribution is -2.00. The van der Waals surface area contributed by atoms with Gasteiger partial charge < -0.3 is 5.32 Å². The minimum Gasteiger partial charge on any atom is -0.355 e. The maximum absolute atomic E-state index is 3.87. The lowest BCUT2D eigenvalue weighted by Gasteiger charge is -2.15. The van der Waals surface area contributed by atoms with Crippen LogP contribution in [0, 0.1) is 0 Å². The van der Waals surface area contributed by atoms with Gasteiger partial charge in [-0.05, 0) is 73.4 Å². The van der Waals surface area contributed by atoms with E-state index >= 15 is 0 Å². The Balaban J connectivity index is 1.92. The van der Waals surface area contributed by atoms with E-state index in [2.05, 4.69) is 68.6 Å². The van der Waals surface area contributed by atoms with Crippen LogP contribution in [0.3, 0.4) is 0 Å². The van der Waals surface area contributed by atoms with E-state index in [1.165, 1.54) is 182 Å². The molecule has 0 aromatic heterocycles. The molecule has 1 nitrogen and oxygen atoms in total. The average Bonchev–Trinajstić information content (AvgIpc) is 2.97. The van der Waals surface area contributed by atoms with Gasteiger partial charge in [-0.3, -0.25) is 0 Å². The smallest absolute Gasteiger partial charge is 0.0419 e. The quantitative estimate of drug-likeness (QED) is 0.115. The van der Waals surface area contributed by atoms with Gasteiger partial charge in [-0.15, -0.1) is 0 Å². The number of rotatable bonds is 26. The number of unbranched alkanes of at least 4 members (excludes halogenated alkanes) is 18. The van der Waals surface area contributed by atoms with Gasteiger partial charge in [0.25, 0.3) is 0 Å². The summed E-state index contributed by atoms with van der Waals surface area (Å²) in [4.78, 5) is 0. The maximum atomic E-state index is 3.87. The minimum absolute atomic E-state index is 1.19. The summed E-state index contributed by atoms with van der Waals surface area (Å²) in [6.45, 7) is 6.90. The molecule has 0 aliphatic rings. The lowest BCUT2D eigenvalue weighted by atomic mass is 9.98. The van der Waals surface area contributed by atoms with Crippen LogP contribution < -0.4 is 5.32 Å². The summed E-state index contributed by atoms with van der Waals surface area (Å²) in [6, 6.07) is 16.5. The molecule has 0 radical (unpaired) electrons. The predicted octanol–water partition coefficient (Wildman–Crippen LogP) is 13.3. The van der Waals surface area contributed by atoms with Crippen LogP contribution in [-0.2, 0) is 19.3 Å². The largest absolute Gasteiger partial charge is 0.355 e. The van der Waals surface area contributed by atoms with Gasteiger partial charge in [-0.25, -0.2) is 0 Å². The van der Waals surface area contributed by atoms with E-state index in [1.54, 1.807) is 0 Å². The molecule has 2 rings (SSSR count). The van der Waals surface area contributed by atoms with Crippen LogP contribution in [0.25, 0.3) is 0 Å². The molecule has 0 heterocycles. The molecule has 0 fully saturated rings. The van der Waals surface area contributed by atoms with Crippen molar-refractivity contribution in [3.8, 4) is 0 Å². The van der Waals surface area contributed by atoms with Gasteiger partial charge in [0.1, 0.15) is 0 Å². The first-order valence-corrected chi connectivity index (χ1v) is 17.7. The predicted molar refractivity (Wildman–Crippen MR) is 181 cm³/mol. The molecular weight excluding hydrogens is 482 g/mol. The number of anilines is 2. The molecule has 0 unspecified atom stereocenters. The molecule has 0 aliphatic heterocycles. The van der Waals surface area contributed by atoms with Gasteiger partial charge >= 0.3 is 0 Å². The number of hydrogen-bond acceptors (Lipinski definition) is 1. The molecule has 0 bridgehead atoms. The highest BCUT2D eigenvalue weighted by Crippen LogP contribution is 2.27. The number of hydrogen-bond donors (Lipinski definition) is 1. The van der Waals surface area contributed by atoms with Crippen molar-refractivity contribution in [3.63, 3.8) is 0 Å². The van der Waals surface area contributed by atoms with Crippen LogP contribution in [0.15, 0.2) is 42.5 Å². The van der Waals surface area contributed by atoms with Crippen molar-refractivity contribution >= 4 is 11.4 Å². The SMILES string of the molecule is CCCCCCCCCc1cccc(Nc2cc(CCCCCCCCC)ccc2CCCCCCCCC)c1. The van der Waals surface area contributed by atoms with Crippen LogP contribution in [0.1, 0.15) is 172 Å². The summed E-state index contributed by atoms with van der Waals surface area (Å²) < 4.78 is 0. The Morgan fingerprint density at radius 2 is 0.875 bits per heavy atom. The lowest BCUT2D eigenvalue weighted by molar-refractivity contribution is 0.588. The Bertz CT molecular complexity index is 854. The summed E-state index contributed by atoms with van der Waals surface area (Å²) in [7, 11) is 0. The van der Waals surface area contributed by atoms with Gasteiger partial charge in [0.2, 0.25) is 0 Å². The third-order valence-corrected chi connectivity index (χ3v) is 8.57. The van der Waals surface area contributed by atoms with E-state index < -0.39 is 0 Å². The highest BCUT2D eigenvalue weighted by atomic mass is 14.9. The summed E-state index contributed by atoms with van der Waals surface area (Å²) in [6.07, 6.45) is 32.4. The van der Waals surface area contributed by atoms with Gasteiger partial charge in [0.05, 0.1) is 0 Å². The third kappa shape index (κ3) is 16.5. The monoisotopic (exact) mass is 548 g/mol. The second kappa shape index (κ2) is 23.9. The number of aryl methyl sites for hydroxylation is 3. The molecule has 1 N–H and O–H groups in total. The van der Waals surface area contributed by atoms with Crippen molar-refractivity contribution in [1.29, 1.82) is 0 Å². The zero-order chi connectivity index (χ0) is 28.5. The molecule has 2 aromatic rings. The van der Waals surface area contributed by atoms with Crippen LogP contribution in [0.5, 0.6) is 0 Å². The second-order valence-corrected chi connectivity index (χ2v) is 12.4. The molecule has 0 aliphatic carbocycles. The van der Waals surface area contributed by atoms with Gasteiger partial charge in [-0.2, -0.15) is 0 Å². The fraction of sp³-hybridized carbons (Fsp3) is 0.692. The molecule has 40 heavy (non-hydrogen) atoms. The average molecular weight is 548 g/mol. The van der Waals surface area contributed by atoms with Gasteiger partial charge in [-0.1, -0.05) is 161 Å². The molecule has 226 valence electrons. The Morgan fingerprint density at radius 1 is 0.425 bits per heavy atom. The van der Waals surface area contributed by atoms with Crippen molar-refractivity contribution < 1.29 is 0 Å². The van der Waals surface area contributed by atoms with E-state index in [1.807, 2.05) is 0 Å². The maximum Gasteiger partial charge on any atom is 0.0419 e. The van der Waals surface area contributed by atoms with Crippen LogP contribution in [-0.4, -0.2) is 0 Å². The Hall–Kier alpha value is -1.76. The molecule has 0 amide bonds. The molecule has 0 saturated carbocycles. The topological polar surface area (TPSA) is 12.0 Å². The van der Waals surface area contributed by atoms with Crippen molar-refractivity contribution in [2.24, 2.45) is 0 Å². The standard InChI is InChI=1S/C39H65N/c1-4-7-10-13-16-19-22-26-35-28-25-30-38(33-35)40-39-34-36(27-23-20-17-14-11-8-5-2)31-32-37(39)29-24-21-18-15-12-9-6-3/h25,28,30-34,40H,4-24,26-27,29H2,1-3H3. The first-order chi connectivity index (χ1) is 19.8. The van der Waals surface area contributed by atoms with Gasteiger partial charge in [0, 0.05) is 11.4 Å². The van der Waals surface area contributed by atoms with Gasteiger partial charge in [0.15, 0.2) is 0 Å². The fourth-order valence-corrected chi connectivity index (χ4v) is 5.92. The van der Waals surface area contributed by atoms with E-state index in [9.17, 15) is 0 Å². The summed E-state index contributed by atoms with van der Waals surface area (Å²) in [5.74, 6) is 0. The Morgan fingerprint density at radius 3 is 1.40 bits per heavy atom. The zero-order valence-corrected chi connectivity index (χ0v) is 27.0. The van der Waals surface area contributed by atoms with E-state index in [-0.39, 0.29) is 0 Å². The molecule has 0 spiro atoms. The van der Waals surface area contributed by atoms with Crippen molar-refractivity contribution in [2.45, 2.75) is 175 Å². The third-order valence-electron chi connectivity index (χ3n) is 8.57. The van der Waals surface area contributed by atoms with Crippen molar-refractivity contribution in [1.82, 2.24) is 0 Å². The van der Waals surface area contributed by atoms with E-state index in [4.69, 9.17) is 0 Å². The normalized spacial score (nSPS) is 11.3. The molecule has 0 atom stereocenters. The highest BCUT2D eigenvalue weighted by Gasteiger charge is 2.07. The molecule has 1 heteroatoms. The molecule has 0 saturated heterocycles. The first kappa shape index (κ1) is 34.4. The fourth-order valence-electron chi connectivity index (χ4n) is 5.92. The second-order valence-electron chi connectivity index (χ2n) is 12.4. The molecular formula is C39H65N. The highest BCUT2D eigenvalue weighted by molar-refractivity contribution is 5.64. The summed E-state index contributed by atoms with van der Waals surface area (Å²) in [5.41, 5.74) is 7.08. The summed E-state index contributed by atoms with van der Waals surface area (Å²) in [5, 5.41) is 3.87. The van der Waals surface area contributed by atoms with Crippen LogP contribution in [0.2, 0.25) is 0 Å². The Kier molecular flexibility index (Phi) is 20.6. The summed E-state index contributed by atoms with van der Waals surface area (Å²) >= 11 is 0. The number of nitrogens with one attached hydrogen (secondary N) is 1. The zero-order valence-electron chi connectivity index (χ0n) is 27.0. The number of benzene rings is 2. The van der Waals surface area contributed by atoms with Crippen LogP contribution in [0.4, 0.5) is 11.4 Å². The Labute approximate surface area is 250 Å². The van der Waals surface area contributed by atoms with E-state index in [0.717, 1.165) is 0 Å². The molecule has 2 aromatic carbocycles. The van der Waals surface area contributed by atoms with Crippen molar-refractivity contribution in [2.75, 3.05) is 5.32 Å². The van der Waals surface area contributed by atoms with Crippen molar-refractivity contribution in [3.05, 3.63) is 59.2 Å². The van der Waals surface area contributed by atoms with E-state index in [0.29, 0.717) is 0 Å². The first-order valence-electron chi connectivity index (χ1n) is 17.7. The van der Waals surface area contributed by atoms with Crippen LogP contribution >= 0.6 is 0 Å².